The summed E-state index contributed by atoms with van der Waals surface area (Å²) in [4.78, 5) is 29.4. The van der Waals surface area contributed by atoms with Crippen molar-refractivity contribution in [3.8, 4) is 0 Å². The summed E-state index contributed by atoms with van der Waals surface area (Å²) in [6, 6.07) is 7.86. The van der Waals surface area contributed by atoms with Crippen LogP contribution in [0, 0.1) is 0 Å². The Morgan fingerprint density at radius 3 is 2.83 bits per heavy atom. The number of nitrogens with zero attached hydrogens (tertiary/aromatic N) is 4. The number of amides is 1. The van der Waals surface area contributed by atoms with E-state index in [0.29, 0.717) is 5.75 Å². The van der Waals surface area contributed by atoms with Crippen molar-refractivity contribution in [1.82, 2.24) is 15.0 Å². The highest BCUT2D eigenvalue weighted by Gasteiger charge is 2.18. The van der Waals surface area contributed by atoms with E-state index < -0.39 is 0 Å². The molecule has 1 aliphatic rings. The van der Waals surface area contributed by atoms with Crippen LogP contribution in [0.5, 0.6) is 0 Å². The van der Waals surface area contributed by atoms with Crippen molar-refractivity contribution < 1.29 is 4.79 Å². The Labute approximate surface area is 182 Å². The Hall–Kier alpha value is -1.84. The van der Waals surface area contributed by atoms with E-state index in [9.17, 15) is 4.79 Å². The van der Waals surface area contributed by atoms with E-state index in [2.05, 4.69) is 20.2 Å². The normalized spacial score (nSPS) is 14.7. The lowest BCUT2D eigenvalue weighted by atomic mass is 10.2. The fourth-order valence-corrected chi connectivity index (χ4v) is 5.66. The van der Waals surface area contributed by atoms with E-state index in [-0.39, 0.29) is 5.91 Å². The first-order valence-electron chi connectivity index (χ1n) is 9.66. The van der Waals surface area contributed by atoms with Gasteiger partial charge in [0.05, 0.1) is 5.75 Å². The van der Waals surface area contributed by atoms with E-state index in [1.165, 1.54) is 43.8 Å². The van der Waals surface area contributed by atoms with Gasteiger partial charge < -0.3 is 10.2 Å². The van der Waals surface area contributed by atoms with Gasteiger partial charge in [-0.3, -0.25) is 4.79 Å². The Morgan fingerprint density at radius 1 is 1.21 bits per heavy atom. The van der Waals surface area contributed by atoms with Crippen LogP contribution in [-0.2, 0) is 4.79 Å². The summed E-state index contributed by atoms with van der Waals surface area (Å²) in [6.45, 7) is 2.10. The SMILES string of the molecule is CSc1cccc(NC(=O)CSc2ncnc3nc(N4CCCCCC4)sc23)c1. The van der Waals surface area contributed by atoms with Crippen LogP contribution >= 0.6 is 34.9 Å². The van der Waals surface area contributed by atoms with Crippen molar-refractivity contribution in [2.24, 2.45) is 0 Å². The summed E-state index contributed by atoms with van der Waals surface area (Å²) in [7, 11) is 0. The number of fused-ring (bicyclic) bond motifs is 1. The standard InChI is InChI=1S/C20H23N5OS3/c1-27-15-8-6-7-14(11-15)23-16(26)12-28-19-17-18(21-13-22-19)24-20(29-17)25-9-4-2-3-5-10-25/h6-8,11,13H,2-5,9-10,12H2,1H3,(H,23,26). The minimum absolute atomic E-state index is 0.0442. The first-order valence-corrected chi connectivity index (χ1v) is 12.7. The van der Waals surface area contributed by atoms with Crippen molar-refractivity contribution in [3.05, 3.63) is 30.6 Å². The average molecular weight is 446 g/mol. The van der Waals surface area contributed by atoms with Gasteiger partial charge in [0.1, 0.15) is 16.1 Å². The van der Waals surface area contributed by atoms with Crippen LogP contribution in [0.25, 0.3) is 10.3 Å². The third-order valence-electron chi connectivity index (χ3n) is 4.72. The molecular weight excluding hydrogens is 422 g/mol. The van der Waals surface area contributed by atoms with Crippen molar-refractivity contribution in [3.63, 3.8) is 0 Å². The van der Waals surface area contributed by atoms with Gasteiger partial charge in [-0.05, 0) is 37.3 Å². The molecule has 4 rings (SSSR count). The molecule has 3 aromatic rings. The van der Waals surface area contributed by atoms with Gasteiger partial charge in [-0.2, -0.15) is 4.98 Å². The number of thioether (sulfide) groups is 2. The molecule has 1 aliphatic heterocycles. The van der Waals surface area contributed by atoms with Crippen LogP contribution in [0.4, 0.5) is 10.8 Å². The van der Waals surface area contributed by atoms with Crippen LogP contribution in [0.15, 0.2) is 40.5 Å². The fraction of sp³-hybridized carbons (Fsp3) is 0.400. The summed E-state index contributed by atoms with van der Waals surface area (Å²) < 4.78 is 0.967. The number of carbonyl (C=O) groups is 1. The molecule has 0 saturated carbocycles. The molecule has 9 heteroatoms. The number of hydrogen-bond donors (Lipinski definition) is 1. The monoisotopic (exact) mass is 445 g/mol. The second-order valence-corrected chi connectivity index (χ2v) is 9.62. The molecule has 1 aromatic carbocycles. The van der Waals surface area contributed by atoms with Crippen molar-refractivity contribution >= 4 is 61.9 Å². The van der Waals surface area contributed by atoms with Gasteiger partial charge in [0, 0.05) is 23.7 Å². The molecule has 3 heterocycles. The van der Waals surface area contributed by atoms with Gasteiger partial charge in [-0.15, -0.1) is 11.8 Å². The number of rotatable bonds is 6. The first-order chi connectivity index (χ1) is 14.2. The molecular formula is C20H23N5OS3. The van der Waals surface area contributed by atoms with Gasteiger partial charge in [0.15, 0.2) is 10.8 Å². The smallest absolute Gasteiger partial charge is 0.234 e. The molecule has 0 spiro atoms. The van der Waals surface area contributed by atoms with Crippen LogP contribution in [0.1, 0.15) is 25.7 Å². The zero-order chi connectivity index (χ0) is 20.1. The molecule has 1 amide bonds. The topological polar surface area (TPSA) is 71.0 Å². The molecule has 0 radical (unpaired) electrons. The largest absolute Gasteiger partial charge is 0.348 e. The second-order valence-electron chi connectivity index (χ2n) is 6.80. The first kappa shape index (κ1) is 20.4. The van der Waals surface area contributed by atoms with Crippen molar-refractivity contribution in [1.29, 1.82) is 0 Å². The lowest BCUT2D eigenvalue weighted by Gasteiger charge is -2.18. The minimum Gasteiger partial charge on any atom is -0.348 e. The predicted molar refractivity (Wildman–Crippen MR) is 123 cm³/mol. The highest BCUT2D eigenvalue weighted by Crippen LogP contribution is 2.34. The molecule has 2 aromatic heterocycles. The number of aromatic nitrogens is 3. The Bertz CT molecular complexity index is 985. The van der Waals surface area contributed by atoms with Crippen LogP contribution in [0.3, 0.4) is 0 Å². The van der Waals surface area contributed by atoms with Gasteiger partial charge in [-0.25, -0.2) is 9.97 Å². The van der Waals surface area contributed by atoms with Gasteiger partial charge in [0.2, 0.25) is 5.91 Å². The molecule has 152 valence electrons. The lowest BCUT2D eigenvalue weighted by molar-refractivity contribution is -0.113. The molecule has 1 saturated heterocycles. The van der Waals surface area contributed by atoms with E-state index in [1.807, 2.05) is 30.5 Å². The Balaban J connectivity index is 1.44. The van der Waals surface area contributed by atoms with Crippen molar-refractivity contribution in [2.75, 3.05) is 35.3 Å². The van der Waals surface area contributed by atoms with E-state index in [1.54, 1.807) is 23.1 Å². The number of benzene rings is 1. The Morgan fingerprint density at radius 2 is 2.03 bits per heavy atom. The number of carbonyl (C=O) groups excluding carboxylic acids is 1. The third-order valence-corrected chi connectivity index (χ3v) is 7.67. The molecule has 0 bridgehead atoms. The maximum Gasteiger partial charge on any atom is 0.234 e. The van der Waals surface area contributed by atoms with Crippen LogP contribution in [0.2, 0.25) is 0 Å². The average Bonchev–Trinajstić information content (AvgIpc) is 2.99. The van der Waals surface area contributed by atoms with Gasteiger partial charge in [-0.1, -0.05) is 42.0 Å². The quantitative estimate of drug-likeness (QED) is 0.426. The highest BCUT2D eigenvalue weighted by molar-refractivity contribution is 8.00. The summed E-state index contributed by atoms with van der Waals surface area (Å²) in [5, 5.41) is 4.80. The maximum absolute atomic E-state index is 12.4. The molecule has 1 fully saturated rings. The van der Waals surface area contributed by atoms with E-state index in [0.717, 1.165) is 44.2 Å². The number of hydrogen-bond acceptors (Lipinski definition) is 8. The highest BCUT2D eigenvalue weighted by atomic mass is 32.2. The lowest BCUT2D eigenvalue weighted by Crippen LogP contribution is -2.23. The molecule has 0 atom stereocenters. The zero-order valence-corrected chi connectivity index (χ0v) is 18.7. The fourth-order valence-electron chi connectivity index (χ4n) is 3.25. The molecule has 6 nitrogen and oxygen atoms in total. The molecule has 29 heavy (non-hydrogen) atoms. The molecule has 1 N–H and O–H groups in total. The predicted octanol–water partition coefficient (Wildman–Crippen LogP) is 4.92. The molecule has 0 unspecified atom stereocenters. The Kier molecular flexibility index (Phi) is 6.89. The number of thiazole rings is 1. The zero-order valence-electron chi connectivity index (χ0n) is 16.3. The summed E-state index contributed by atoms with van der Waals surface area (Å²) >= 11 is 4.72. The summed E-state index contributed by atoms with van der Waals surface area (Å²) in [5.41, 5.74) is 1.54. The van der Waals surface area contributed by atoms with E-state index in [4.69, 9.17) is 4.98 Å². The van der Waals surface area contributed by atoms with Gasteiger partial charge >= 0.3 is 0 Å². The summed E-state index contributed by atoms with van der Waals surface area (Å²) in [5.74, 6) is 0.254. The van der Waals surface area contributed by atoms with Crippen molar-refractivity contribution in [2.45, 2.75) is 35.6 Å². The number of anilines is 2. The van der Waals surface area contributed by atoms with Gasteiger partial charge in [0.25, 0.3) is 0 Å². The summed E-state index contributed by atoms with van der Waals surface area (Å²) in [6.07, 6.45) is 8.55. The van der Waals surface area contributed by atoms with Crippen LogP contribution < -0.4 is 10.2 Å². The second kappa shape index (κ2) is 9.77. The van der Waals surface area contributed by atoms with Crippen LogP contribution in [-0.4, -0.2) is 46.0 Å². The minimum atomic E-state index is -0.0442. The molecule has 0 aliphatic carbocycles. The van der Waals surface area contributed by atoms with E-state index >= 15 is 0 Å². The third kappa shape index (κ3) is 5.21. The maximum atomic E-state index is 12.4. The number of nitrogens with one attached hydrogen (secondary N) is 1.